The summed E-state index contributed by atoms with van der Waals surface area (Å²) < 4.78 is 9.83. The van der Waals surface area contributed by atoms with Gasteiger partial charge in [0.2, 0.25) is 5.91 Å². The fourth-order valence-corrected chi connectivity index (χ4v) is 2.81. The van der Waals surface area contributed by atoms with Crippen molar-refractivity contribution in [3.63, 3.8) is 0 Å². The van der Waals surface area contributed by atoms with Gasteiger partial charge in [-0.1, -0.05) is 12.1 Å². The van der Waals surface area contributed by atoms with Crippen molar-refractivity contribution in [3.8, 4) is 0 Å². The number of nitrogens with zero attached hydrogens (tertiary/aromatic N) is 4. The van der Waals surface area contributed by atoms with Gasteiger partial charge in [0, 0.05) is 19.9 Å². The number of aryl methyl sites for hydroxylation is 1. The van der Waals surface area contributed by atoms with Gasteiger partial charge in [-0.2, -0.15) is 5.10 Å². The minimum absolute atomic E-state index is 0.0460. The molecule has 0 unspecified atom stereocenters. The number of hydrogen-bond acceptors (Lipinski definition) is 4. The highest BCUT2D eigenvalue weighted by molar-refractivity contribution is 5.91. The highest BCUT2D eigenvalue weighted by Crippen LogP contribution is 2.13. The predicted octanol–water partition coefficient (Wildman–Crippen LogP) is 1.30. The Hall–Kier alpha value is -2.87. The normalized spacial score (nSPS) is 11.1. The van der Waals surface area contributed by atoms with Gasteiger partial charge in [0.05, 0.1) is 36.1 Å². The van der Waals surface area contributed by atoms with Gasteiger partial charge in [0.25, 0.3) is 0 Å². The summed E-state index contributed by atoms with van der Waals surface area (Å²) in [6.07, 6.45) is 3.31. The molecule has 3 rings (SSSR count). The van der Waals surface area contributed by atoms with Gasteiger partial charge in [-0.25, -0.2) is 4.79 Å². The summed E-state index contributed by atoms with van der Waals surface area (Å²) in [4.78, 5) is 24.9. The van der Waals surface area contributed by atoms with Crippen LogP contribution in [-0.4, -0.2) is 38.5 Å². The van der Waals surface area contributed by atoms with E-state index in [0.29, 0.717) is 25.4 Å². The van der Waals surface area contributed by atoms with E-state index in [0.717, 1.165) is 11.0 Å². The largest absolute Gasteiger partial charge is 0.383 e. The van der Waals surface area contributed by atoms with Gasteiger partial charge < -0.3 is 10.1 Å². The van der Waals surface area contributed by atoms with E-state index in [9.17, 15) is 9.59 Å². The molecular weight excluding hydrogens is 322 g/mol. The lowest BCUT2D eigenvalue weighted by Gasteiger charge is -2.04. The Bertz CT molecular complexity index is 937. The number of nitrogens with one attached hydrogen (secondary N) is 1. The summed E-state index contributed by atoms with van der Waals surface area (Å²) in [5.74, 6) is -0.271. The van der Waals surface area contributed by atoms with Crippen LogP contribution in [0.5, 0.6) is 0 Å². The highest BCUT2D eigenvalue weighted by Gasteiger charge is 2.14. The third-order valence-electron chi connectivity index (χ3n) is 3.98. The number of hydrogen-bond donors (Lipinski definition) is 1. The molecule has 0 bridgehead atoms. The molecule has 0 saturated carbocycles. The van der Waals surface area contributed by atoms with Crippen LogP contribution < -0.4 is 11.0 Å². The monoisotopic (exact) mass is 343 g/mol. The summed E-state index contributed by atoms with van der Waals surface area (Å²) in [6, 6.07) is 7.47. The Morgan fingerprint density at radius 1 is 1.24 bits per heavy atom. The maximum atomic E-state index is 12.5. The number of ether oxygens (including phenoxy) is 1. The molecule has 0 spiro atoms. The van der Waals surface area contributed by atoms with Gasteiger partial charge in [-0.3, -0.25) is 18.6 Å². The van der Waals surface area contributed by atoms with E-state index in [1.54, 1.807) is 28.8 Å². The summed E-state index contributed by atoms with van der Waals surface area (Å²) in [5.41, 5.74) is 1.98. The van der Waals surface area contributed by atoms with E-state index in [1.165, 1.54) is 4.57 Å². The van der Waals surface area contributed by atoms with E-state index in [4.69, 9.17) is 4.74 Å². The molecule has 1 aromatic carbocycles. The molecule has 0 radical (unpaired) electrons. The first kappa shape index (κ1) is 17.0. The number of anilines is 1. The molecule has 3 aromatic rings. The Labute approximate surface area is 144 Å². The van der Waals surface area contributed by atoms with Crippen molar-refractivity contribution in [1.29, 1.82) is 0 Å². The zero-order chi connectivity index (χ0) is 17.8. The quantitative estimate of drug-likeness (QED) is 0.701. The number of methoxy groups -OCH3 is 1. The van der Waals surface area contributed by atoms with Gasteiger partial charge in [-0.05, 0) is 19.1 Å². The average Bonchev–Trinajstić information content (AvgIpc) is 3.16. The number of aromatic nitrogens is 4. The van der Waals surface area contributed by atoms with Crippen molar-refractivity contribution in [2.75, 3.05) is 19.0 Å². The molecule has 1 amide bonds. The molecule has 8 heteroatoms. The Morgan fingerprint density at radius 2 is 1.96 bits per heavy atom. The number of benzene rings is 1. The van der Waals surface area contributed by atoms with Crippen molar-refractivity contribution >= 4 is 22.6 Å². The van der Waals surface area contributed by atoms with E-state index in [-0.39, 0.29) is 18.1 Å². The van der Waals surface area contributed by atoms with Crippen molar-refractivity contribution in [1.82, 2.24) is 18.9 Å². The Kier molecular flexibility index (Phi) is 4.99. The molecule has 25 heavy (non-hydrogen) atoms. The molecule has 0 atom stereocenters. The fourth-order valence-electron chi connectivity index (χ4n) is 2.81. The lowest BCUT2D eigenvalue weighted by atomic mass is 10.3. The molecule has 0 aliphatic rings. The second-order valence-corrected chi connectivity index (χ2v) is 5.63. The number of para-hydroxylation sites is 2. The second-order valence-electron chi connectivity index (χ2n) is 5.63. The van der Waals surface area contributed by atoms with Gasteiger partial charge >= 0.3 is 5.69 Å². The minimum atomic E-state index is -0.271. The van der Waals surface area contributed by atoms with E-state index >= 15 is 0 Å². The molecule has 2 aromatic heterocycles. The third kappa shape index (κ3) is 3.48. The molecule has 0 aliphatic carbocycles. The van der Waals surface area contributed by atoms with Crippen LogP contribution in [0.1, 0.15) is 6.92 Å². The van der Waals surface area contributed by atoms with Crippen LogP contribution in [0.3, 0.4) is 0 Å². The van der Waals surface area contributed by atoms with Crippen molar-refractivity contribution in [3.05, 3.63) is 47.1 Å². The number of carbonyl (C=O) groups excluding carboxylic acids is 1. The van der Waals surface area contributed by atoms with Crippen molar-refractivity contribution < 1.29 is 9.53 Å². The van der Waals surface area contributed by atoms with Crippen LogP contribution in [0, 0.1) is 0 Å². The maximum absolute atomic E-state index is 12.5. The molecule has 2 heterocycles. The SMILES string of the molecule is CCn1c(=O)n(CC(=O)Nc2cnn(CCOC)c2)c2ccccc21. The first-order chi connectivity index (χ1) is 12.1. The zero-order valence-corrected chi connectivity index (χ0v) is 14.3. The smallest absolute Gasteiger partial charge is 0.329 e. The third-order valence-corrected chi connectivity index (χ3v) is 3.98. The molecule has 8 nitrogen and oxygen atoms in total. The second kappa shape index (κ2) is 7.35. The number of rotatable bonds is 7. The fraction of sp³-hybridized carbons (Fsp3) is 0.353. The molecular formula is C17H21N5O3. The van der Waals surface area contributed by atoms with Crippen LogP contribution >= 0.6 is 0 Å². The van der Waals surface area contributed by atoms with Crippen LogP contribution in [0.15, 0.2) is 41.5 Å². The Balaban J connectivity index is 1.77. The van der Waals surface area contributed by atoms with Gasteiger partial charge in [0.1, 0.15) is 6.54 Å². The number of amides is 1. The summed E-state index contributed by atoms with van der Waals surface area (Å²) in [7, 11) is 1.62. The van der Waals surface area contributed by atoms with Crippen LogP contribution in [-0.2, 0) is 29.2 Å². The molecule has 0 fully saturated rings. The lowest BCUT2D eigenvalue weighted by molar-refractivity contribution is -0.116. The van der Waals surface area contributed by atoms with Gasteiger partial charge in [0.15, 0.2) is 0 Å². The van der Waals surface area contributed by atoms with E-state index in [2.05, 4.69) is 10.4 Å². The van der Waals surface area contributed by atoms with E-state index < -0.39 is 0 Å². The summed E-state index contributed by atoms with van der Waals surface area (Å²) >= 11 is 0. The minimum Gasteiger partial charge on any atom is -0.383 e. The van der Waals surface area contributed by atoms with Crippen LogP contribution in [0.4, 0.5) is 5.69 Å². The summed E-state index contributed by atoms with van der Waals surface area (Å²) in [6.45, 7) is 3.57. The predicted molar refractivity (Wildman–Crippen MR) is 94.6 cm³/mol. The number of carbonyl (C=O) groups is 1. The number of imidazole rings is 1. The molecule has 132 valence electrons. The highest BCUT2D eigenvalue weighted by atomic mass is 16.5. The van der Waals surface area contributed by atoms with Gasteiger partial charge in [-0.15, -0.1) is 0 Å². The van der Waals surface area contributed by atoms with E-state index in [1.807, 2.05) is 31.2 Å². The average molecular weight is 343 g/mol. The number of fused-ring (bicyclic) bond motifs is 1. The van der Waals surface area contributed by atoms with Crippen LogP contribution in [0.25, 0.3) is 11.0 Å². The zero-order valence-electron chi connectivity index (χ0n) is 14.3. The first-order valence-electron chi connectivity index (χ1n) is 8.13. The topological polar surface area (TPSA) is 83.1 Å². The first-order valence-corrected chi connectivity index (χ1v) is 8.13. The Morgan fingerprint density at radius 3 is 2.64 bits per heavy atom. The standard InChI is InChI=1S/C17H21N5O3/c1-3-21-14-6-4-5-7-15(14)22(17(21)24)12-16(23)19-13-10-18-20(11-13)8-9-25-2/h4-7,10-11H,3,8-9,12H2,1-2H3,(H,19,23). The maximum Gasteiger partial charge on any atom is 0.329 e. The van der Waals surface area contributed by atoms with Crippen LogP contribution in [0.2, 0.25) is 0 Å². The molecule has 0 saturated heterocycles. The summed E-state index contributed by atoms with van der Waals surface area (Å²) in [5, 5.41) is 6.92. The molecule has 1 N–H and O–H groups in total. The van der Waals surface area contributed by atoms with Crippen molar-refractivity contribution in [2.45, 2.75) is 26.6 Å². The molecule has 0 aliphatic heterocycles. The lowest BCUT2D eigenvalue weighted by Crippen LogP contribution is -2.29. The van der Waals surface area contributed by atoms with Crippen molar-refractivity contribution in [2.24, 2.45) is 0 Å².